The molecule has 0 saturated carbocycles. The second kappa shape index (κ2) is 10.7. The number of halogens is 1. The summed E-state index contributed by atoms with van der Waals surface area (Å²) < 4.78 is 17.1. The maximum atomic E-state index is 12.6. The quantitative estimate of drug-likeness (QED) is 0.372. The molecule has 0 aromatic heterocycles. The van der Waals surface area contributed by atoms with E-state index in [4.69, 9.17) is 14.2 Å². The summed E-state index contributed by atoms with van der Waals surface area (Å²) in [7, 11) is 0. The molecule has 29 heavy (non-hydrogen) atoms. The van der Waals surface area contributed by atoms with E-state index < -0.39 is 23.7 Å². The molecule has 1 saturated heterocycles. The lowest BCUT2D eigenvalue weighted by Crippen LogP contribution is -2.35. The van der Waals surface area contributed by atoms with Gasteiger partial charge in [-0.2, -0.15) is 0 Å². The molecule has 0 aliphatic carbocycles. The first kappa shape index (κ1) is 23.3. The van der Waals surface area contributed by atoms with Gasteiger partial charge in [-0.3, -0.25) is 19.3 Å². The van der Waals surface area contributed by atoms with E-state index in [0.717, 1.165) is 23.1 Å². The lowest BCUT2D eigenvalue weighted by atomic mass is 10.2. The zero-order valence-corrected chi connectivity index (χ0v) is 19.2. The molecule has 2 rings (SSSR count). The van der Waals surface area contributed by atoms with Gasteiger partial charge in [0, 0.05) is 0 Å². The van der Waals surface area contributed by atoms with E-state index in [1.807, 2.05) is 13.8 Å². The molecule has 7 nitrogen and oxygen atoms in total. The molecule has 0 spiro atoms. The summed E-state index contributed by atoms with van der Waals surface area (Å²) in [6.45, 7) is 7.87. The summed E-state index contributed by atoms with van der Waals surface area (Å²) in [6.07, 6.45) is 2.13. The van der Waals surface area contributed by atoms with Gasteiger partial charge in [-0.05, 0) is 78.7 Å². The van der Waals surface area contributed by atoms with Gasteiger partial charge in [0.15, 0.2) is 11.5 Å². The predicted octanol–water partition coefficient (Wildman–Crippen LogP) is 4.62. The van der Waals surface area contributed by atoms with Gasteiger partial charge in [0.25, 0.3) is 11.1 Å². The number of amides is 2. The summed E-state index contributed by atoms with van der Waals surface area (Å²) in [5.74, 6) is -0.0137. The van der Waals surface area contributed by atoms with Crippen LogP contribution in [0, 0.1) is 0 Å². The molecule has 0 radical (unpaired) electrons. The maximum absolute atomic E-state index is 12.6. The lowest BCUT2D eigenvalue weighted by molar-refractivity contribution is -0.149. The molecule has 1 aromatic rings. The van der Waals surface area contributed by atoms with Crippen LogP contribution in [0.15, 0.2) is 21.5 Å². The highest BCUT2D eigenvalue weighted by molar-refractivity contribution is 9.10. The standard InChI is InChI=1S/C20H24BrNO6S/c1-5-7-27-18-14(21)8-13(9-15(18)26-6-2)10-16-19(24)22(20(25)29-16)11-17(23)28-12(3)4/h8-10,12H,5-7,11H2,1-4H3/b16-10-. The second-order valence-electron chi connectivity index (χ2n) is 6.42. The van der Waals surface area contributed by atoms with E-state index >= 15 is 0 Å². The van der Waals surface area contributed by atoms with Crippen LogP contribution in [0.2, 0.25) is 0 Å². The van der Waals surface area contributed by atoms with Crippen molar-refractivity contribution in [3.8, 4) is 11.5 Å². The number of nitrogens with zero attached hydrogens (tertiary/aromatic N) is 1. The Balaban J connectivity index is 2.26. The van der Waals surface area contributed by atoms with E-state index in [1.54, 1.807) is 32.1 Å². The van der Waals surface area contributed by atoms with Crippen LogP contribution in [0.25, 0.3) is 6.08 Å². The number of rotatable bonds is 9. The summed E-state index contributed by atoms with van der Waals surface area (Å²) in [4.78, 5) is 37.7. The van der Waals surface area contributed by atoms with Gasteiger partial charge in [-0.15, -0.1) is 0 Å². The number of hydrogen-bond donors (Lipinski definition) is 0. The Morgan fingerprint density at radius 1 is 1.24 bits per heavy atom. The third-order valence-electron chi connectivity index (χ3n) is 3.61. The fraction of sp³-hybridized carbons (Fsp3) is 0.450. The van der Waals surface area contributed by atoms with Gasteiger partial charge in [0.1, 0.15) is 6.54 Å². The molecule has 0 atom stereocenters. The van der Waals surface area contributed by atoms with Gasteiger partial charge < -0.3 is 14.2 Å². The normalized spacial score (nSPS) is 15.4. The Bertz CT molecular complexity index is 823. The topological polar surface area (TPSA) is 82.1 Å². The number of thioether (sulfide) groups is 1. The van der Waals surface area contributed by atoms with Gasteiger partial charge >= 0.3 is 5.97 Å². The van der Waals surface area contributed by atoms with Crippen LogP contribution in [0.1, 0.15) is 39.7 Å². The van der Waals surface area contributed by atoms with Crippen LogP contribution < -0.4 is 9.47 Å². The zero-order valence-electron chi connectivity index (χ0n) is 16.8. The van der Waals surface area contributed by atoms with Crippen LogP contribution in [-0.4, -0.2) is 47.9 Å². The summed E-state index contributed by atoms with van der Waals surface area (Å²) in [5, 5.41) is -0.506. The van der Waals surface area contributed by atoms with Crippen molar-refractivity contribution in [2.24, 2.45) is 0 Å². The molecular formula is C20H24BrNO6S. The van der Waals surface area contributed by atoms with Crippen molar-refractivity contribution < 1.29 is 28.6 Å². The third kappa shape index (κ3) is 6.24. The van der Waals surface area contributed by atoms with E-state index in [9.17, 15) is 14.4 Å². The summed E-state index contributed by atoms with van der Waals surface area (Å²) >= 11 is 4.26. The first-order chi connectivity index (χ1) is 13.8. The molecule has 1 fully saturated rings. The highest BCUT2D eigenvalue weighted by Gasteiger charge is 2.36. The number of imide groups is 1. The number of esters is 1. The number of benzene rings is 1. The largest absolute Gasteiger partial charge is 0.490 e. The fourth-order valence-corrected chi connectivity index (χ4v) is 3.91. The van der Waals surface area contributed by atoms with Crippen molar-refractivity contribution in [2.75, 3.05) is 19.8 Å². The average Bonchev–Trinajstić information content (AvgIpc) is 2.88. The van der Waals surface area contributed by atoms with Crippen LogP contribution in [-0.2, 0) is 14.3 Å². The van der Waals surface area contributed by atoms with E-state index in [-0.39, 0.29) is 11.0 Å². The average molecular weight is 486 g/mol. The van der Waals surface area contributed by atoms with Crippen molar-refractivity contribution in [2.45, 2.75) is 40.2 Å². The number of hydrogen-bond acceptors (Lipinski definition) is 7. The first-order valence-corrected chi connectivity index (χ1v) is 10.9. The Morgan fingerprint density at radius 2 is 1.97 bits per heavy atom. The van der Waals surface area contributed by atoms with Crippen molar-refractivity contribution in [3.63, 3.8) is 0 Å². The fourth-order valence-electron chi connectivity index (χ4n) is 2.50. The minimum atomic E-state index is -0.623. The van der Waals surface area contributed by atoms with Crippen molar-refractivity contribution in [1.29, 1.82) is 0 Å². The van der Waals surface area contributed by atoms with Crippen molar-refractivity contribution >= 4 is 50.9 Å². The Kier molecular flexibility index (Phi) is 8.58. The number of carbonyl (C=O) groups is 3. The SMILES string of the molecule is CCCOc1c(Br)cc(/C=C2\SC(=O)N(CC(=O)OC(C)C)C2=O)cc1OCC. The van der Waals surface area contributed by atoms with Crippen molar-refractivity contribution in [1.82, 2.24) is 4.90 Å². The Morgan fingerprint density at radius 3 is 2.59 bits per heavy atom. The highest BCUT2D eigenvalue weighted by Crippen LogP contribution is 2.39. The molecule has 158 valence electrons. The molecule has 1 aromatic carbocycles. The molecule has 1 aliphatic heterocycles. The van der Waals surface area contributed by atoms with Crippen molar-refractivity contribution in [3.05, 3.63) is 27.1 Å². The van der Waals surface area contributed by atoms with Gasteiger partial charge in [-0.1, -0.05) is 6.92 Å². The van der Waals surface area contributed by atoms with Crippen LogP contribution in [0.3, 0.4) is 0 Å². The lowest BCUT2D eigenvalue weighted by Gasteiger charge is -2.14. The third-order valence-corrected chi connectivity index (χ3v) is 5.10. The maximum Gasteiger partial charge on any atom is 0.326 e. The summed E-state index contributed by atoms with van der Waals surface area (Å²) in [5.41, 5.74) is 0.666. The molecule has 9 heteroatoms. The molecule has 0 unspecified atom stereocenters. The summed E-state index contributed by atoms with van der Waals surface area (Å²) in [6, 6.07) is 3.54. The smallest absolute Gasteiger partial charge is 0.326 e. The van der Waals surface area contributed by atoms with Crippen LogP contribution in [0.4, 0.5) is 4.79 Å². The van der Waals surface area contributed by atoms with E-state index in [2.05, 4.69) is 15.9 Å². The molecule has 0 N–H and O–H groups in total. The minimum Gasteiger partial charge on any atom is -0.490 e. The van der Waals surface area contributed by atoms with Crippen LogP contribution >= 0.6 is 27.7 Å². The van der Waals surface area contributed by atoms with Crippen LogP contribution in [0.5, 0.6) is 11.5 Å². The Labute approximate surface area is 182 Å². The molecule has 0 bridgehead atoms. The highest BCUT2D eigenvalue weighted by atomic mass is 79.9. The zero-order chi connectivity index (χ0) is 21.6. The monoisotopic (exact) mass is 485 g/mol. The Hall–Kier alpha value is -2.00. The second-order valence-corrected chi connectivity index (χ2v) is 8.27. The van der Waals surface area contributed by atoms with Gasteiger partial charge in [-0.25, -0.2) is 0 Å². The van der Waals surface area contributed by atoms with E-state index in [1.165, 1.54) is 0 Å². The minimum absolute atomic E-state index is 0.226. The molecule has 1 heterocycles. The predicted molar refractivity (Wildman–Crippen MR) is 115 cm³/mol. The molecule has 1 aliphatic rings. The number of ether oxygens (including phenoxy) is 3. The number of carbonyl (C=O) groups excluding carboxylic acids is 3. The first-order valence-electron chi connectivity index (χ1n) is 9.30. The van der Waals surface area contributed by atoms with Gasteiger partial charge in [0.05, 0.1) is 28.7 Å². The van der Waals surface area contributed by atoms with E-state index in [0.29, 0.717) is 34.7 Å². The molecule has 2 amide bonds. The van der Waals surface area contributed by atoms with Gasteiger partial charge in [0.2, 0.25) is 0 Å². The molecular weight excluding hydrogens is 462 g/mol.